The fourth-order valence-corrected chi connectivity index (χ4v) is 2.17. The first kappa shape index (κ1) is 11.5. The van der Waals surface area contributed by atoms with Crippen molar-refractivity contribution in [1.82, 2.24) is 9.55 Å². The van der Waals surface area contributed by atoms with Gasteiger partial charge in [-0.1, -0.05) is 11.6 Å². The molecule has 0 atom stereocenters. The Morgan fingerprint density at radius 3 is 2.89 bits per heavy atom. The van der Waals surface area contributed by atoms with Crippen molar-refractivity contribution < 1.29 is 4.39 Å². The second-order valence-electron chi connectivity index (χ2n) is 4.59. The number of nitrogens with zero attached hydrogens (tertiary/aromatic N) is 2. The van der Waals surface area contributed by atoms with Gasteiger partial charge >= 0.3 is 0 Å². The topological polar surface area (TPSA) is 29.9 Å². The van der Waals surface area contributed by atoms with Gasteiger partial charge in [0, 0.05) is 12.2 Å². The molecule has 1 heterocycles. The third-order valence-corrected chi connectivity index (χ3v) is 3.28. The Balaban J connectivity index is 1.91. The van der Waals surface area contributed by atoms with E-state index in [1.807, 2.05) is 13.1 Å². The van der Waals surface area contributed by atoms with Crippen molar-refractivity contribution in [1.29, 1.82) is 0 Å². The van der Waals surface area contributed by atoms with Crippen LogP contribution in [0.2, 0.25) is 5.02 Å². The van der Waals surface area contributed by atoms with Crippen LogP contribution in [-0.2, 0) is 0 Å². The highest BCUT2D eigenvalue weighted by Gasteiger charge is 2.26. The Hall–Kier alpha value is -1.55. The summed E-state index contributed by atoms with van der Waals surface area (Å²) in [6, 6.07) is 4.83. The van der Waals surface area contributed by atoms with E-state index in [1.54, 1.807) is 6.07 Å². The molecule has 2 aromatic rings. The van der Waals surface area contributed by atoms with Crippen molar-refractivity contribution in [3.8, 4) is 0 Å². The summed E-state index contributed by atoms with van der Waals surface area (Å²) in [5.74, 6) is 0.427. The number of benzene rings is 1. The molecular weight excluding hydrogens is 253 g/mol. The van der Waals surface area contributed by atoms with Crippen LogP contribution in [-0.4, -0.2) is 9.55 Å². The zero-order valence-electron chi connectivity index (χ0n) is 9.95. The fourth-order valence-electron chi connectivity index (χ4n) is 1.95. The smallest absolute Gasteiger partial charge is 0.207 e. The molecule has 0 radical (unpaired) electrons. The predicted molar refractivity (Wildman–Crippen MR) is 69.9 cm³/mol. The van der Waals surface area contributed by atoms with Gasteiger partial charge in [0.2, 0.25) is 5.95 Å². The Bertz CT molecular complexity index is 590. The van der Waals surface area contributed by atoms with Crippen LogP contribution in [0.5, 0.6) is 0 Å². The minimum Gasteiger partial charge on any atom is -0.324 e. The van der Waals surface area contributed by atoms with Crippen LogP contribution in [0.4, 0.5) is 16.0 Å². The van der Waals surface area contributed by atoms with Gasteiger partial charge in [-0.15, -0.1) is 0 Å². The zero-order chi connectivity index (χ0) is 12.7. The lowest BCUT2D eigenvalue weighted by molar-refractivity contribution is 0.628. The van der Waals surface area contributed by atoms with E-state index in [-0.39, 0.29) is 5.82 Å². The molecule has 1 fully saturated rings. The van der Waals surface area contributed by atoms with Gasteiger partial charge in [-0.2, -0.15) is 0 Å². The molecule has 94 valence electrons. The number of rotatable bonds is 3. The molecule has 1 aliphatic carbocycles. The Morgan fingerprint density at radius 1 is 1.44 bits per heavy atom. The van der Waals surface area contributed by atoms with Gasteiger partial charge in [-0.25, -0.2) is 9.37 Å². The van der Waals surface area contributed by atoms with E-state index in [1.165, 1.54) is 25.0 Å². The monoisotopic (exact) mass is 265 g/mol. The first-order chi connectivity index (χ1) is 8.63. The van der Waals surface area contributed by atoms with Crippen LogP contribution in [0.3, 0.4) is 0 Å². The Morgan fingerprint density at radius 2 is 2.22 bits per heavy atom. The number of aryl methyl sites for hydroxylation is 1. The lowest BCUT2D eigenvalue weighted by Crippen LogP contribution is -2.01. The zero-order valence-corrected chi connectivity index (χ0v) is 10.7. The number of halogens is 2. The van der Waals surface area contributed by atoms with E-state index in [0.717, 1.165) is 11.6 Å². The van der Waals surface area contributed by atoms with Gasteiger partial charge in [0.05, 0.1) is 16.4 Å². The van der Waals surface area contributed by atoms with Crippen LogP contribution >= 0.6 is 11.6 Å². The van der Waals surface area contributed by atoms with Crippen molar-refractivity contribution in [3.63, 3.8) is 0 Å². The Labute approximate surface area is 110 Å². The van der Waals surface area contributed by atoms with Crippen LogP contribution < -0.4 is 5.32 Å². The second-order valence-corrected chi connectivity index (χ2v) is 5.00. The number of hydrogen-bond acceptors (Lipinski definition) is 2. The number of anilines is 2. The molecule has 0 bridgehead atoms. The molecule has 1 aliphatic rings. The molecule has 1 aromatic carbocycles. The maximum absolute atomic E-state index is 13.0. The Kier molecular flexibility index (Phi) is 2.74. The highest BCUT2D eigenvalue weighted by molar-refractivity contribution is 6.33. The van der Waals surface area contributed by atoms with Gasteiger partial charge in [-0.3, -0.25) is 0 Å². The van der Waals surface area contributed by atoms with E-state index in [2.05, 4.69) is 14.9 Å². The fraction of sp³-hybridized carbons (Fsp3) is 0.308. The molecule has 0 spiro atoms. The van der Waals surface area contributed by atoms with Crippen molar-refractivity contribution >= 4 is 23.2 Å². The van der Waals surface area contributed by atoms with Crippen molar-refractivity contribution in [2.24, 2.45) is 0 Å². The predicted octanol–water partition coefficient (Wildman–Crippen LogP) is 4.06. The third kappa shape index (κ3) is 2.20. The van der Waals surface area contributed by atoms with Gasteiger partial charge in [-0.05, 0) is 38.0 Å². The van der Waals surface area contributed by atoms with Crippen LogP contribution in [0, 0.1) is 12.7 Å². The SMILES string of the molecule is Cc1cn(C2CC2)c(Nc2ccc(F)cc2Cl)n1. The van der Waals surface area contributed by atoms with E-state index in [0.29, 0.717) is 16.8 Å². The molecule has 3 rings (SSSR count). The largest absolute Gasteiger partial charge is 0.324 e. The molecular formula is C13H13ClFN3. The maximum atomic E-state index is 13.0. The summed E-state index contributed by atoms with van der Waals surface area (Å²) in [6.07, 6.45) is 4.39. The standard InChI is InChI=1S/C13H13ClFN3/c1-8-7-18(10-3-4-10)13(16-8)17-12-5-2-9(15)6-11(12)14/h2,5-7,10H,3-4H2,1H3,(H,16,17). The highest BCUT2D eigenvalue weighted by Crippen LogP contribution is 2.38. The molecule has 18 heavy (non-hydrogen) atoms. The second kappa shape index (κ2) is 4.28. The summed E-state index contributed by atoms with van der Waals surface area (Å²) in [7, 11) is 0. The van der Waals surface area contributed by atoms with Crippen molar-refractivity contribution in [2.45, 2.75) is 25.8 Å². The molecule has 0 unspecified atom stereocenters. The van der Waals surface area contributed by atoms with E-state index in [9.17, 15) is 4.39 Å². The number of nitrogens with one attached hydrogen (secondary N) is 1. The number of imidazole rings is 1. The average Bonchev–Trinajstić information content (AvgIpc) is 3.08. The summed E-state index contributed by atoms with van der Waals surface area (Å²) < 4.78 is 15.1. The van der Waals surface area contributed by atoms with E-state index in [4.69, 9.17) is 11.6 Å². The number of hydrogen-bond donors (Lipinski definition) is 1. The van der Waals surface area contributed by atoms with Gasteiger partial charge in [0.1, 0.15) is 5.82 Å². The molecule has 1 N–H and O–H groups in total. The molecule has 0 aliphatic heterocycles. The van der Waals surface area contributed by atoms with Crippen LogP contribution in [0.25, 0.3) is 0 Å². The van der Waals surface area contributed by atoms with Gasteiger partial charge < -0.3 is 9.88 Å². The molecule has 0 saturated heterocycles. The summed E-state index contributed by atoms with van der Waals surface area (Å²) >= 11 is 5.99. The van der Waals surface area contributed by atoms with Crippen LogP contribution in [0.15, 0.2) is 24.4 Å². The van der Waals surface area contributed by atoms with Crippen LogP contribution in [0.1, 0.15) is 24.6 Å². The van der Waals surface area contributed by atoms with Crippen molar-refractivity contribution in [3.05, 3.63) is 40.9 Å². The van der Waals surface area contributed by atoms with E-state index >= 15 is 0 Å². The summed E-state index contributed by atoms with van der Waals surface area (Å²) in [5.41, 5.74) is 1.63. The van der Waals surface area contributed by atoms with Gasteiger partial charge in [0.15, 0.2) is 0 Å². The quantitative estimate of drug-likeness (QED) is 0.907. The lowest BCUT2D eigenvalue weighted by atomic mass is 10.3. The molecule has 1 aromatic heterocycles. The first-order valence-electron chi connectivity index (χ1n) is 5.91. The third-order valence-electron chi connectivity index (χ3n) is 2.97. The molecule has 0 amide bonds. The summed E-state index contributed by atoms with van der Waals surface area (Å²) in [4.78, 5) is 4.43. The molecule has 3 nitrogen and oxygen atoms in total. The van der Waals surface area contributed by atoms with E-state index < -0.39 is 0 Å². The highest BCUT2D eigenvalue weighted by atomic mass is 35.5. The van der Waals surface area contributed by atoms with Crippen molar-refractivity contribution in [2.75, 3.05) is 5.32 Å². The minimum absolute atomic E-state index is 0.340. The maximum Gasteiger partial charge on any atom is 0.207 e. The summed E-state index contributed by atoms with van der Waals surface area (Å²) in [6.45, 7) is 1.95. The minimum atomic E-state index is -0.340. The number of aromatic nitrogens is 2. The van der Waals surface area contributed by atoms with Gasteiger partial charge in [0.25, 0.3) is 0 Å². The summed E-state index contributed by atoms with van der Waals surface area (Å²) in [5, 5.41) is 3.52. The molecule has 1 saturated carbocycles. The first-order valence-corrected chi connectivity index (χ1v) is 6.29. The molecule has 5 heteroatoms. The lowest BCUT2D eigenvalue weighted by Gasteiger charge is -2.10. The normalized spacial score (nSPS) is 14.8. The average molecular weight is 266 g/mol.